The largest absolute Gasteiger partial charge is 0.333 e. The number of rotatable bonds is 1. The van der Waals surface area contributed by atoms with E-state index < -0.39 is 46.6 Å². The highest BCUT2D eigenvalue weighted by molar-refractivity contribution is 5.95. The van der Waals surface area contributed by atoms with Crippen LogP contribution in [-0.2, 0) is 0 Å². The molecule has 0 saturated carbocycles. The Morgan fingerprint density at radius 3 is 2.00 bits per heavy atom. The molecule has 3 nitrogen and oxygen atoms in total. The van der Waals surface area contributed by atoms with Crippen LogP contribution in [-0.4, -0.2) is 36.0 Å². The van der Waals surface area contributed by atoms with E-state index in [1.807, 2.05) is 0 Å². The molecule has 1 aromatic carbocycles. The molecule has 1 N–H and O–H groups in total. The molecule has 8 heteroatoms. The number of halogens is 5. The summed E-state index contributed by atoms with van der Waals surface area (Å²) in [4.78, 5) is 13.3. The van der Waals surface area contributed by atoms with E-state index in [9.17, 15) is 26.7 Å². The summed E-state index contributed by atoms with van der Waals surface area (Å²) in [5, 5.41) is 3.04. The van der Waals surface area contributed by atoms with Gasteiger partial charge in [-0.2, -0.15) is 0 Å². The van der Waals surface area contributed by atoms with Crippen molar-refractivity contribution in [1.82, 2.24) is 10.2 Å². The van der Waals surface area contributed by atoms with Crippen LogP contribution in [0.5, 0.6) is 0 Å². The van der Waals surface area contributed by atoms with Gasteiger partial charge in [0.1, 0.15) is 5.56 Å². The maximum atomic E-state index is 13.6. The van der Waals surface area contributed by atoms with Gasteiger partial charge in [0.2, 0.25) is 5.82 Å². The molecule has 2 atom stereocenters. The zero-order valence-corrected chi connectivity index (χ0v) is 11.3. The highest BCUT2D eigenvalue weighted by atomic mass is 19.2. The summed E-state index contributed by atoms with van der Waals surface area (Å²) in [7, 11) is 0. The van der Waals surface area contributed by atoms with E-state index in [-0.39, 0.29) is 12.6 Å². The van der Waals surface area contributed by atoms with Crippen molar-refractivity contribution in [3.8, 4) is 0 Å². The van der Waals surface area contributed by atoms with Crippen LogP contribution in [0.4, 0.5) is 22.0 Å². The number of hydrogen-bond donors (Lipinski definition) is 1. The average molecular weight is 308 g/mol. The monoisotopic (exact) mass is 308 g/mol. The van der Waals surface area contributed by atoms with Crippen LogP contribution in [0.2, 0.25) is 0 Å². The van der Waals surface area contributed by atoms with E-state index in [0.717, 1.165) is 4.90 Å². The zero-order valence-electron chi connectivity index (χ0n) is 11.3. The summed E-state index contributed by atoms with van der Waals surface area (Å²) in [6.45, 7) is 3.83. The summed E-state index contributed by atoms with van der Waals surface area (Å²) in [6, 6.07) is -0.574. The van der Waals surface area contributed by atoms with Gasteiger partial charge >= 0.3 is 0 Å². The topological polar surface area (TPSA) is 32.3 Å². The van der Waals surface area contributed by atoms with Crippen molar-refractivity contribution in [2.45, 2.75) is 25.9 Å². The van der Waals surface area contributed by atoms with Crippen LogP contribution in [0.15, 0.2) is 0 Å². The maximum absolute atomic E-state index is 13.6. The fourth-order valence-electron chi connectivity index (χ4n) is 2.24. The van der Waals surface area contributed by atoms with E-state index in [2.05, 4.69) is 5.32 Å². The molecule has 0 aliphatic carbocycles. The van der Waals surface area contributed by atoms with Crippen molar-refractivity contribution in [3.63, 3.8) is 0 Å². The van der Waals surface area contributed by atoms with Gasteiger partial charge in [0.05, 0.1) is 0 Å². The first-order chi connectivity index (χ1) is 9.75. The summed E-state index contributed by atoms with van der Waals surface area (Å²) in [5.74, 6) is -11.9. The third-order valence-corrected chi connectivity index (χ3v) is 3.45. The fourth-order valence-corrected chi connectivity index (χ4v) is 2.24. The third-order valence-electron chi connectivity index (χ3n) is 3.45. The number of piperazine rings is 1. The Morgan fingerprint density at radius 2 is 1.48 bits per heavy atom. The molecular weight excluding hydrogens is 295 g/mol. The minimum Gasteiger partial charge on any atom is -0.333 e. The molecule has 1 fully saturated rings. The summed E-state index contributed by atoms with van der Waals surface area (Å²) in [6.07, 6.45) is 0. The van der Waals surface area contributed by atoms with Crippen LogP contribution in [0.3, 0.4) is 0 Å². The van der Waals surface area contributed by atoms with Crippen LogP contribution in [0.1, 0.15) is 24.2 Å². The van der Waals surface area contributed by atoms with Gasteiger partial charge in [-0.3, -0.25) is 4.79 Å². The minimum absolute atomic E-state index is 0.111. The van der Waals surface area contributed by atoms with Gasteiger partial charge in [-0.25, -0.2) is 22.0 Å². The van der Waals surface area contributed by atoms with E-state index in [0.29, 0.717) is 6.54 Å². The summed E-state index contributed by atoms with van der Waals surface area (Å²) >= 11 is 0. The molecule has 1 saturated heterocycles. The highest BCUT2D eigenvalue weighted by Crippen LogP contribution is 2.25. The Morgan fingerprint density at radius 1 is 1.00 bits per heavy atom. The molecule has 0 aromatic heterocycles. The average Bonchev–Trinajstić information content (AvgIpc) is 2.45. The van der Waals surface area contributed by atoms with Crippen LogP contribution >= 0.6 is 0 Å². The van der Waals surface area contributed by atoms with Gasteiger partial charge in [0.15, 0.2) is 23.3 Å². The third kappa shape index (κ3) is 2.59. The number of nitrogens with one attached hydrogen (secondary N) is 1. The SMILES string of the molecule is CC1CN(C(=O)c2c(F)c(F)c(F)c(F)c2F)C(C)CN1. The second kappa shape index (κ2) is 5.59. The lowest BCUT2D eigenvalue weighted by Crippen LogP contribution is -2.56. The van der Waals surface area contributed by atoms with Crippen molar-refractivity contribution in [2.75, 3.05) is 13.1 Å². The molecule has 0 radical (unpaired) electrons. The second-order valence-electron chi connectivity index (χ2n) is 5.06. The minimum atomic E-state index is -2.27. The van der Waals surface area contributed by atoms with E-state index in [1.165, 1.54) is 0 Å². The van der Waals surface area contributed by atoms with Gasteiger partial charge < -0.3 is 10.2 Å². The first-order valence-corrected chi connectivity index (χ1v) is 6.31. The maximum Gasteiger partial charge on any atom is 0.260 e. The Bertz CT molecular complexity index is 563. The van der Waals surface area contributed by atoms with Crippen molar-refractivity contribution in [3.05, 3.63) is 34.6 Å². The Kier molecular flexibility index (Phi) is 4.18. The number of benzene rings is 1. The van der Waals surface area contributed by atoms with Crippen LogP contribution < -0.4 is 5.32 Å². The number of hydrogen-bond acceptors (Lipinski definition) is 2. The predicted molar refractivity (Wildman–Crippen MR) is 64.2 cm³/mol. The molecule has 1 aromatic rings. The molecule has 0 bridgehead atoms. The van der Waals surface area contributed by atoms with Gasteiger partial charge in [0, 0.05) is 25.2 Å². The molecule has 116 valence electrons. The van der Waals surface area contributed by atoms with Gasteiger partial charge in [-0.05, 0) is 13.8 Å². The number of carbonyl (C=O) groups is 1. The van der Waals surface area contributed by atoms with Gasteiger partial charge in [-0.1, -0.05) is 0 Å². The molecule has 2 rings (SSSR count). The molecule has 2 unspecified atom stereocenters. The lowest BCUT2D eigenvalue weighted by Gasteiger charge is -2.37. The number of nitrogens with zero attached hydrogens (tertiary/aromatic N) is 1. The standard InChI is InChI=1S/C13H13F5N2O/c1-5-4-20(6(2)3-19-5)13(21)7-8(14)10(16)12(18)11(17)9(7)15/h5-6,19H,3-4H2,1-2H3. The first kappa shape index (κ1) is 15.7. The highest BCUT2D eigenvalue weighted by Gasteiger charge is 2.35. The Hall–Kier alpha value is -1.70. The molecular formula is C13H13F5N2O. The molecule has 1 aliphatic rings. The Labute approximate surface area is 117 Å². The molecule has 0 spiro atoms. The second-order valence-corrected chi connectivity index (χ2v) is 5.06. The smallest absolute Gasteiger partial charge is 0.260 e. The van der Waals surface area contributed by atoms with Crippen LogP contribution in [0, 0.1) is 29.1 Å². The fraction of sp³-hybridized carbons (Fsp3) is 0.462. The van der Waals surface area contributed by atoms with Gasteiger partial charge in [-0.15, -0.1) is 0 Å². The van der Waals surface area contributed by atoms with Crippen molar-refractivity contribution in [2.24, 2.45) is 0 Å². The van der Waals surface area contributed by atoms with Gasteiger partial charge in [0.25, 0.3) is 5.91 Å². The normalized spacial score (nSPS) is 22.5. The summed E-state index contributed by atoms with van der Waals surface area (Å²) in [5.41, 5.74) is -1.41. The number of carbonyl (C=O) groups excluding carboxylic acids is 1. The van der Waals surface area contributed by atoms with E-state index in [4.69, 9.17) is 0 Å². The number of amides is 1. The quantitative estimate of drug-likeness (QED) is 0.490. The predicted octanol–water partition coefficient (Wildman–Crippen LogP) is 2.20. The van der Waals surface area contributed by atoms with E-state index >= 15 is 0 Å². The van der Waals surface area contributed by atoms with Crippen LogP contribution in [0.25, 0.3) is 0 Å². The lowest BCUT2D eigenvalue weighted by molar-refractivity contribution is 0.0603. The lowest BCUT2D eigenvalue weighted by atomic mass is 10.1. The molecule has 1 aliphatic heterocycles. The first-order valence-electron chi connectivity index (χ1n) is 6.31. The van der Waals surface area contributed by atoms with Crippen molar-refractivity contribution in [1.29, 1.82) is 0 Å². The summed E-state index contributed by atoms with van der Waals surface area (Å²) < 4.78 is 66.6. The molecule has 1 heterocycles. The molecule has 21 heavy (non-hydrogen) atoms. The van der Waals surface area contributed by atoms with Crippen molar-refractivity contribution < 1.29 is 26.7 Å². The van der Waals surface area contributed by atoms with Crippen molar-refractivity contribution >= 4 is 5.91 Å². The Balaban J connectivity index is 2.49. The van der Waals surface area contributed by atoms with E-state index in [1.54, 1.807) is 13.8 Å². The zero-order chi connectivity index (χ0) is 15.9. The molecule has 1 amide bonds.